The number of nitrogens with one attached hydrogen (secondary N) is 1. The zero-order valence-corrected chi connectivity index (χ0v) is 16.0. The molecule has 0 aliphatic rings. The molecule has 140 valence electrons. The standard InChI is InChI=1S/C20H19ClN2O4/c1-4-27-13-6-7-15-14(10-13)16(11-18(22-15)20(24)26-3)23-17-9-12(21)5-8-19(17)25-2/h5-11H,4H2,1-3H3,(H,22,23). The first-order chi connectivity index (χ1) is 13.0. The Balaban J connectivity index is 2.17. The molecule has 0 saturated heterocycles. The van der Waals surface area contributed by atoms with Crippen molar-refractivity contribution in [2.24, 2.45) is 0 Å². The van der Waals surface area contributed by atoms with Crippen LogP contribution in [0.5, 0.6) is 11.5 Å². The topological polar surface area (TPSA) is 69.7 Å². The van der Waals surface area contributed by atoms with Crippen LogP contribution in [0.3, 0.4) is 0 Å². The highest BCUT2D eigenvalue weighted by atomic mass is 35.5. The van der Waals surface area contributed by atoms with E-state index in [1.165, 1.54) is 7.11 Å². The lowest BCUT2D eigenvalue weighted by molar-refractivity contribution is 0.0594. The Hall–Kier alpha value is -2.99. The number of hydrogen-bond acceptors (Lipinski definition) is 6. The number of rotatable bonds is 6. The molecule has 0 amide bonds. The molecular weight excluding hydrogens is 368 g/mol. The van der Waals surface area contributed by atoms with Crippen LogP contribution in [-0.2, 0) is 4.74 Å². The molecular formula is C20H19ClN2O4. The summed E-state index contributed by atoms with van der Waals surface area (Å²) in [5.74, 6) is 0.801. The second-order valence-electron chi connectivity index (χ2n) is 5.63. The van der Waals surface area contributed by atoms with Gasteiger partial charge in [-0.15, -0.1) is 0 Å². The number of carbonyl (C=O) groups excluding carboxylic acids is 1. The number of anilines is 2. The second kappa shape index (κ2) is 8.14. The maximum absolute atomic E-state index is 12.0. The van der Waals surface area contributed by atoms with Crippen LogP contribution in [0.25, 0.3) is 10.9 Å². The molecule has 0 atom stereocenters. The molecule has 2 aromatic carbocycles. The van der Waals surface area contributed by atoms with Crippen molar-refractivity contribution < 1.29 is 19.0 Å². The number of halogens is 1. The molecule has 1 heterocycles. The smallest absolute Gasteiger partial charge is 0.356 e. The van der Waals surface area contributed by atoms with E-state index >= 15 is 0 Å². The van der Waals surface area contributed by atoms with Crippen LogP contribution in [0.1, 0.15) is 17.4 Å². The van der Waals surface area contributed by atoms with E-state index < -0.39 is 5.97 Å². The summed E-state index contributed by atoms with van der Waals surface area (Å²) in [7, 11) is 2.89. The van der Waals surface area contributed by atoms with Crippen molar-refractivity contribution in [1.82, 2.24) is 4.98 Å². The Bertz CT molecular complexity index is 991. The van der Waals surface area contributed by atoms with Crippen molar-refractivity contribution in [3.05, 3.63) is 53.2 Å². The highest BCUT2D eigenvalue weighted by Gasteiger charge is 2.15. The fourth-order valence-corrected chi connectivity index (χ4v) is 2.87. The Labute approximate surface area is 162 Å². The number of fused-ring (bicyclic) bond motifs is 1. The number of aromatic nitrogens is 1. The highest BCUT2D eigenvalue weighted by Crippen LogP contribution is 2.34. The quantitative estimate of drug-likeness (QED) is 0.612. The van der Waals surface area contributed by atoms with Crippen LogP contribution in [-0.4, -0.2) is 31.8 Å². The van der Waals surface area contributed by atoms with Gasteiger partial charge in [0.2, 0.25) is 0 Å². The number of methoxy groups -OCH3 is 2. The van der Waals surface area contributed by atoms with Crippen LogP contribution in [0, 0.1) is 0 Å². The fourth-order valence-electron chi connectivity index (χ4n) is 2.70. The van der Waals surface area contributed by atoms with E-state index in [-0.39, 0.29) is 5.69 Å². The molecule has 1 aromatic heterocycles. The van der Waals surface area contributed by atoms with E-state index in [1.807, 2.05) is 19.1 Å². The summed E-state index contributed by atoms with van der Waals surface area (Å²) < 4.78 is 15.8. The van der Waals surface area contributed by atoms with Gasteiger partial charge in [0.05, 0.1) is 37.7 Å². The maximum atomic E-state index is 12.0. The van der Waals surface area contributed by atoms with E-state index in [4.69, 9.17) is 25.8 Å². The summed E-state index contributed by atoms with van der Waals surface area (Å²) in [6.45, 7) is 2.46. The lowest BCUT2D eigenvalue weighted by atomic mass is 10.1. The van der Waals surface area contributed by atoms with Crippen molar-refractivity contribution in [2.45, 2.75) is 6.92 Å². The summed E-state index contributed by atoms with van der Waals surface area (Å²) >= 11 is 6.13. The number of pyridine rings is 1. The molecule has 0 saturated carbocycles. The van der Waals surface area contributed by atoms with Crippen molar-refractivity contribution in [2.75, 3.05) is 26.1 Å². The molecule has 6 nitrogen and oxygen atoms in total. The van der Waals surface area contributed by atoms with Crippen LogP contribution in [0.15, 0.2) is 42.5 Å². The van der Waals surface area contributed by atoms with Gasteiger partial charge in [-0.3, -0.25) is 0 Å². The predicted molar refractivity (Wildman–Crippen MR) is 106 cm³/mol. The number of esters is 1. The summed E-state index contributed by atoms with van der Waals surface area (Å²) in [6, 6.07) is 12.4. The SMILES string of the molecule is CCOc1ccc2nc(C(=O)OC)cc(Nc3cc(Cl)ccc3OC)c2c1. The predicted octanol–water partition coefficient (Wildman–Crippen LogP) is 4.83. The molecule has 3 rings (SSSR count). The van der Waals surface area contributed by atoms with E-state index in [9.17, 15) is 4.79 Å². The van der Waals surface area contributed by atoms with Gasteiger partial charge in [0.1, 0.15) is 11.5 Å². The van der Waals surface area contributed by atoms with E-state index in [1.54, 1.807) is 37.4 Å². The van der Waals surface area contributed by atoms with E-state index in [0.717, 1.165) is 5.39 Å². The van der Waals surface area contributed by atoms with Crippen LogP contribution in [0.2, 0.25) is 5.02 Å². The molecule has 1 N–H and O–H groups in total. The average molecular weight is 387 g/mol. The van der Waals surface area contributed by atoms with Crippen molar-refractivity contribution >= 4 is 39.8 Å². The van der Waals surface area contributed by atoms with Gasteiger partial charge in [0.25, 0.3) is 0 Å². The third kappa shape index (κ3) is 4.06. The number of nitrogens with zero attached hydrogens (tertiary/aromatic N) is 1. The third-order valence-corrected chi connectivity index (χ3v) is 4.15. The van der Waals surface area contributed by atoms with E-state index in [0.29, 0.717) is 40.0 Å². The first-order valence-corrected chi connectivity index (χ1v) is 8.70. The van der Waals surface area contributed by atoms with Gasteiger partial charge in [0, 0.05) is 10.4 Å². The monoisotopic (exact) mass is 386 g/mol. The van der Waals surface area contributed by atoms with Crippen molar-refractivity contribution in [1.29, 1.82) is 0 Å². The first kappa shape index (κ1) is 18.8. The van der Waals surface area contributed by atoms with Gasteiger partial charge in [-0.05, 0) is 49.4 Å². The number of ether oxygens (including phenoxy) is 3. The molecule has 0 radical (unpaired) electrons. The minimum absolute atomic E-state index is 0.192. The average Bonchev–Trinajstić information content (AvgIpc) is 2.68. The molecule has 0 spiro atoms. The lowest BCUT2D eigenvalue weighted by Crippen LogP contribution is -2.06. The number of benzene rings is 2. The summed E-state index contributed by atoms with van der Waals surface area (Å²) in [5, 5.41) is 4.63. The minimum atomic E-state index is -0.521. The van der Waals surface area contributed by atoms with Crippen LogP contribution < -0.4 is 14.8 Å². The Morgan fingerprint density at radius 1 is 1.11 bits per heavy atom. The summed E-state index contributed by atoms with van der Waals surface area (Å²) in [6.07, 6.45) is 0. The summed E-state index contributed by atoms with van der Waals surface area (Å²) in [4.78, 5) is 16.4. The van der Waals surface area contributed by atoms with Crippen molar-refractivity contribution in [3.8, 4) is 11.5 Å². The zero-order chi connectivity index (χ0) is 19.4. The molecule has 0 fully saturated rings. The molecule has 0 unspecified atom stereocenters. The molecule has 0 aliphatic carbocycles. The Morgan fingerprint density at radius 2 is 1.93 bits per heavy atom. The van der Waals surface area contributed by atoms with Crippen molar-refractivity contribution in [3.63, 3.8) is 0 Å². The van der Waals surface area contributed by atoms with Crippen LogP contribution in [0.4, 0.5) is 11.4 Å². The Morgan fingerprint density at radius 3 is 2.63 bits per heavy atom. The Kier molecular flexibility index (Phi) is 5.66. The van der Waals surface area contributed by atoms with Gasteiger partial charge < -0.3 is 19.5 Å². The lowest BCUT2D eigenvalue weighted by Gasteiger charge is -2.15. The normalized spacial score (nSPS) is 10.5. The highest BCUT2D eigenvalue weighted by molar-refractivity contribution is 6.31. The van der Waals surface area contributed by atoms with Gasteiger partial charge in [-0.1, -0.05) is 11.6 Å². The number of carbonyl (C=O) groups is 1. The van der Waals surface area contributed by atoms with Gasteiger partial charge in [-0.25, -0.2) is 9.78 Å². The largest absolute Gasteiger partial charge is 0.495 e. The fraction of sp³-hybridized carbons (Fsp3) is 0.200. The van der Waals surface area contributed by atoms with Gasteiger partial charge >= 0.3 is 5.97 Å². The van der Waals surface area contributed by atoms with Gasteiger partial charge in [-0.2, -0.15) is 0 Å². The molecule has 7 heteroatoms. The first-order valence-electron chi connectivity index (χ1n) is 8.32. The molecule has 27 heavy (non-hydrogen) atoms. The molecule has 3 aromatic rings. The second-order valence-corrected chi connectivity index (χ2v) is 6.06. The minimum Gasteiger partial charge on any atom is -0.495 e. The summed E-state index contributed by atoms with van der Waals surface area (Å²) in [5.41, 5.74) is 2.14. The maximum Gasteiger partial charge on any atom is 0.356 e. The molecule has 0 bridgehead atoms. The van der Waals surface area contributed by atoms with Crippen LogP contribution >= 0.6 is 11.6 Å². The van der Waals surface area contributed by atoms with E-state index in [2.05, 4.69) is 10.3 Å². The number of hydrogen-bond donors (Lipinski definition) is 1. The molecule has 0 aliphatic heterocycles. The zero-order valence-electron chi connectivity index (χ0n) is 15.2. The van der Waals surface area contributed by atoms with Gasteiger partial charge in [0.15, 0.2) is 5.69 Å². The third-order valence-electron chi connectivity index (χ3n) is 3.92.